The molecule has 0 bridgehead atoms. The number of anilines is 2. The molecule has 2 aliphatic heterocycles. The zero-order valence-electron chi connectivity index (χ0n) is 16.3. The van der Waals surface area contributed by atoms with Crippen molar-refractivity contribution < 1.29 is 14.3 Å². The molecule has 2 aliphatic rings. The number of carbonyl (C=O) groups is 1. The monoisotopic (exact) mass is 403 g/mol. The minimum atomic E-state index is -0.00935. The van der Waals surface area contributed by atoms with Crippen molar-refractivity contribution in [1.82, 2.24) is 4.90 Å². The minimum absolute atomic E-state index is 0. The number of hydrogen-bond acceptors (Lipinski definition) is 5. The fraction of sp³-hybridized carbons (Fsp3) is 0.381. The van der Waals surface area contributed by atoms with Crippen molar-refractivity contribution in [2.75, 3.05) is 56.7 Å². The molecule has 2 aromatic carbocycles. The second-order valence-corrected chi connectivity index (χ2v) is 7.00. The van der Waals surface area contributed by atoms with Gasteiger partial charge >= 0.3 is 0 Å². The van der Waals surface area contributed by atoms with Crippen molar-refractivity contribution in [1.29, 1.82) is 0 Å². The van der Waals surface area contributed by atoms with Crippen LogP contribution < -0.4 is 19.3 Å². The molecular formula is C21H26ClN3O3. The van der Waals surface area contributed by atoms with Crippen LogP contribution in [0, 0.1) is 0 Å². The van der Waals surface area contributed by atoms with Crippen LogP contribution in [0.1, 0.15) is 5.56 Å². The number of hydrogen-bond donors (Lipinski definition) is 0. The lowest BCUT2D eigenvalue weighted by atomic mass is 10.1. The molecule has 28 heavy (non-hydrogen) atoms. The van der Waals surface area contributed by atoms with E-state index in [0.717, 1.165) is 49.9 Å². The number of nitrogens with zero attached hydrogens (tertiary/aromatic N) is 3. The lowest BCUT2D eigenvalue weighted by Gasteiger charge is -2.36. The van der Waals surface area contributed by atoms with Gasteiger partial charge in [-0.15, -0.1) is 12.4 Å². The Labute approximate surface area is 172 Å². The summed E-state index contributed by atoms with van der Waals surface area (Å²) in [6, 6.07) is 14.4. The first-order valence-corrected chi connectivity index (χ1v) is 9.27. The molecule has 0 N–H and O–H groups in total. The highest BCUT2D eigenvalue weighted by atomic mass is 35.5. The smallest absolute Gasteiger partial charge is 0.264 e. The summed E-state index contributed by atoms with van der Waals surface area (Å²) in [6.07, 6.45) is 0. The van der Waals surface area contributed by atoms with Gasteiger partial charge in [0, 0.05) is 45.5 Å². The van der Waals surface area contributed by atoms with Gasteiger partial charge < -0.3 is 19.3 Å². The van der Waals surface area contributed by atoms with Gasteiger partial charge in [-0.3, -0.25) is 9.69 Å². The summed E-state index contributed by atoms with van der Waals surface area (Å²) in [4.78, 5) is 18.3. The number of amides is 1. The molecule has 0 aliphatic carbocycles. The molecule has 6 nitrogen and oxygen atoms in total. The Morgan fingerprint density at radius 1 is 1.04 bits per heavy atom. The van der Waals surface area contributed by atoms with Crippen molar-refractivity contribution in [3.05, 3.63) is 48.0 Å². The van der Waals surface area contributed by atoms with Crippen molar-refractivity contribution in [2.24, 2.45) is 0 Å². The molecule has 7 heteroatoms. The second-order valence-electron chi connectivity index (χ2n) is 7.00. The van der Waals surface area contributed by atoms with Crippen LogP contribution >= 0.6 is 12.4 Å². The van der Waals surface area contributed by atoms with E-state index in [1.807, 2.05) is 18.2 Å². The maximum atomic E-state index is 11.7. The molecule has 0 radical (unpaired) electrons. The fourth-order valence-corrected chi connectivity index (χ4v) is 3.64. The standard InChI is InChI=1S/C21H25N3O3.ClH/c1-22-19-8-3-16(13-20(19)27-15-21(22)25)14-23-9-11-24(12-10-23)17-4-6-18(26-2)7-5-17;/h3-8,13H,9-12,14-15H2,1-2H3;1H. The first-order chi connectivity index (χ1) is 13.1. The highest BCUT2D eigenvalue weighted by Gasteiger charge is 2.23. The SMILES string of the molecule is COc1ccc(N2CCN(Cc3ccc4c(c3)OCC(=O)N4C)CC2)cc1.Cl. The lowest BCUT2D eigenvalue weighted by Crippen LogP contribution is -2.46. The maximum Gasteiger partial charge on any atom is 0.264 e. The summed E-state index contributed by atoms with van der Waals surface area (Å²) in [5.74, 6) is 1.68. The Bertz CT molecular complexity index is 820. The quantitative estimate of drug-likeness (QED) is 0.785. The summed E-state index contributed by atoms with van der Waals surface area (Å²) in [6.45, 7) is 5.05. The van der Waals surface area contributed by atoms with E-state index in [1.54, 1.807) is 19.1 Å². The summed E-state index contributed by atoms with van der Waals surface area (Å²) in [5, 5.41) is 0. The van der Waals surface area contributed by atoms with Crippen molar-refractivity contribution in [3.63, 3.8) is 0 Å². The van der Waals surface area contributed by atoms with Gasteiger partial charge in [0.1, 0.15) is 11.5 Å². The van der Waals surface area contributed by atoms with Crippen LogP contribution in [-0.2, 0) is 11.3 Å². The van der Waals surface area contributed by atoms with Crippen LogP contribution in [0.25, 0.3) is 0 Å². The molecule has 0 saturated carbocycles. The molecule has 1 amide bonds. The van der Waals surface area contributed by atoms with Crippen LogP contribution in [0.15, 0.2) is 42.5 Å². The van der Waals surface area contributed by atoms with Gasteiger partial charge in [0.2, 0.25) is 0 Å². The van der Waals surface area contributed by atoms with Crippen LogP contribution in [0.2, 0.25) is 0 Å². The number of likely N-dealkylation sites (N-methyl/N-ethyl adjacent to an activating group) is 1. The number of halogens is 1. The van der Waals surface area contributed by atoms with E-state index in [1.165, 1.54) is 11.3 Å². The van der Waals surface area contributed by atoms with Gasteiger partial charge in [-0.1, -0.05) is 6.07 Å². The summed E-state index contributed by atoms with van der Waals surface area (Å²) < 4.78 is 10.8. The average Bonchev–Trinajstić information content (AvgIpc) is 2.71. The molecule has 150 valence electrons. The normalized spacial score (nSPS) is 16.9. The van der Waals surface area contributed by atoms with Crippen LogP contribution in [0.3, 0.4) is 0 Å². The number of rotatable bonds is 4. The zero-order valence-corrected chi connectivity index (χ0v) is 17.1. The molecule has 2 aromatic rings. The molecule has 0 spiro atoms. The minimum Gasteiger partial charge on any atom is -0.497 e. The molecule has 1 fully saturated rings. The number of fused-ring (bicyclic) bond motifs is 1. The largest absolute Gasteiger partial charge is 0.497 e. The van der Waals surface area contributed by atoms with Gasteiger partial charge in [-0.05, 0) is 42.0 Å². The third-order valence-electron chi connectivity index (χ3n) is 5.33. The van der Waals surface area contributed by atoms with E-state index in [4.69, 9.17) is 9.47 Å². The molecular weight excluding hydrogens is 378 g/mol. The molecule has 4 rings (SSSR count). The first kappa shape index (κ1) is 20.3. The van der Waals surface area contributed by atoms with Crippen LogP contribution in [0.4, 0.5) is 11.4 Å². The molecule has 0 unspecified atom stereocenters. The van der Waals surface area contributed by atoms with Gasteiger partial charge in [0.15, 0.2) is 6.61 Å². The van der Waals surface area contributed by atoms with Crippen LogP contribution in [0.5, 0.6) is 11.5 Å². The molecule has 2 heterocycles. The van der Waals surface area contributed by atoms with E-state index >= 15 is 0 Å². The van der Waals surface area contributed by atoms with E-state index in [0.29, 0.717) is 0 Å². The summed E-state index contributed by atoms with van der Waals surface area (Å²) in [5.41, 5.74) is 3.30. The summed E-state index contributed by atoms with van der Waals surface area (Å²) >= 11 is 0. The Balaban J connectivity index is 0.00000225. The van der Waals surface area contributed by atoms with Crippen molar-refractivity contribution in [3.8, 4) is 11.5 Å². The van der Waals surface area contributed by atoms with Gasteiger partial charge in [0.05, 0.1) is 12.8 Å². The Hall–Kier alpha value is -2.44. The predicted octanol–water partition coefficient (Wildman–Crippen LogP) is 2.79. The van der Waals surface area contributed by atoms with Crippen molar-refractivity contribution >= 4 is 29.7 Å². The zero-order chi connectivity index (χ0) is 18.8. The third kappa shape index (κ3) is 4.18. The predicted molar refractivity (Wildman–Crippen MR) is 113 cm³/mol. The lowest BCUT2D eigenvalue weighted by molar-refractivity contribution is -0.120. The van der Waals surface area contributed by atoms with Gasteiger partial charge in [-0.25, -0.2) is 0 Å². The Morgan fingerprint density at radius 3 is 2.43 bits per heavy atom. The third-order valence-corrected chi connectivity index (χ3v) is 5.33. The van der Waals surface area contributed by atoms with E-state index < -0.39 is 0 Å². The van der Waals surface area contributed by atoms with Gasteiger partial charge in [-0.2, -0.15) is 0 Å². The fourth-order valence-electron chi connectivity index (χ4n) is 3.64. The number of carbonyl (C=O) groups excluding carboxylic acids is 1. The van der Waals surface area contributed by atoms with Crippen LogP contribution in [-0.4, -0.2) is 57.8 Å². The first-order valence-electron chi connectivity index (χ1n) is 9.27. The van der Waals surface area contributed by atoms with Gasteiger partial charge in [0.25, 0.3) is 5.91 Å². The molecule has 0 aromatic heterocycles. The van der Waals surface area contributed by atoms with Crippen molar-refractivity contribution in [2.45, 2.75) is 6.54 Å². The highest BCUT2D eigenvalue weighted by Crippen LogP contribution is 2.32. The second kappa shape index (κ2) is 8.71. The van der Waals surface area contributed by atoms with E-state index in [2.05, 4.69) is 34.1 Å². The Morgan fingerprint density at radius 2 is 1.75 bits per heavy atom. The molecule has 0 atom stereocenters. The maximum absolute atomic E-state index is 11.7. The average molecular weight is 404 g/mol. The topological polar surface area (TPSA) is 45.3 Å². The number of benzene rings is 2. The molecule has 1 saturated heterocycles. The number of piperazine rings is 1. The number of ether oxygens (including phenoxy) is 2. The van der Waals surface area contributed by atoms with E-state index in [-0.39, 0.29) is 24.9 Å². The highest BCUT2D eigenvalue weighted by molar-refractivity contribution is 5.97. The van der Waals surface area contributed by atoms with E-state index in [9.17, 15) is 4.79 Å². The number of methoxy groups -OCH3 is 1. The Kier molecular flexibility index (Phi) is 6.31. The summed E-state index contributed by atoms with van der Waals surface area (Å²) in [7, 11) is 3.48.